The number of aromatic amines is 1. The molecular weight excluding hydrogens is 1080 g/mol. The third-order valence-electron chi connectivity index (χ3n) is 10.2. The minimum atomic E-state index is -1.68. The van der Waals surface area contributed by atoms with Gasteiger partial charge in [-0.2, -0.15) is 0 Å². The number of carbonyl (C=O) groups excluding carboxylic acids is 7. The van der Waals surface area contributed by atoms with E-state index in [-0.39, 0.29) is 84.4 Å². The second kappa shape index (κ2) is 28.4. The number of nitrogens with two attached hydrogens (primary N) is 4. The van der Waals surface area contributed by atoms with Crippen molar-refractivity contribution < 1.29 is 67.8 Å². The summed E-state index contributed by atoms with van der Waals surface area (Å²) in [5, 5.41) is 42.6. The highest BCUT2D eigenvalue weighted by Crippen LogP contribution is 2.26. The molecule has 0 aliphatic rings. The quantitative estimate of drug-likeness (QED) is 0.0143. The molecule has 0 unspecified atom stereocenters. The van der Waals surface area contributed by atoms with Crippen molar-refractivity contribution in [3.8, 4) is 10.7 Å². The average molecular weight is 1150 g/mol. The van der Waals surface area contributed by atoms with Gasteiger partial charge in [-0.05, 0) is 38.1 Å². The number of halogens is 1. The molecule has 25 nitrogen and oxygen atoms in total. The largest absolute Gasteiger partial charge is 1.00 e. The summed E-state index contributed by atoms with van der Waals surface area (Å²) in [5.41, 5.74) is 23.3. The number of rotatable bonds is 28. The minimum absolute atomic E-state index is 0. The molecule has 0 aromatic carbocycles. The predicted octanol–water partition coefficient (Wildman–Crippen LogP) is -5.67. The van der Waals surface area contributed by atoms with Crippen LogP contribution in [-0.2, 0) is 41.3 Å². The number of thiazole rings is 2. The first-order chi connectivity index (χ1) is 32.6. The Kier molecular flexibility index (Phi) is 23.9. The molecule has 0 aliphatic carbocycles. The van der Waals surface area contributed by atoms with Gasteiger partial charge in [0.05, 0.1) is 53.9 Å². The van der Waals surface area contributed by atoms with Crippen molar-refractivity contribution in [1.29, 1.82) is 0 Å². The van der Waals surface area contributed by atoms with Crippen LogP contribution in [0.25, 0.3) is 10.7 Å². The van der Waals surface area contributed by atoms with Crippen LogP contribution >= 0.6 is 22.7 Å². The number of nitrogen functional groups attached to an aromatic ring is 1. The molecule has 4 aromatic heterocycles. The van der Waals surface area contributed by atoms with E-state index in [1.807, 2.05) is 5.38 Å². The van der Waals surface area contributed by atoms with Crippen LogP contribution in [-0.4, -0.2) is 150 Å². The van der Waals surface area contributed by atoms with Crippen LogP contribution in [0.3, 0.4) is 0 Å². The molecule has 0 fully saturated rings. The molecule has 7 amide bonds. The lowest BCUT2D eigenvalue weighted by atomic mass is 10.0. The number of hydrogen-bond acceptors (Lipinski definition) is 19. The van der Waals surface area contributed by atoms with Crippen molar-refractivity contribution in [3.63, 3.8) is 0 Å². The standard InChI is InChI=1S/C41H60N16O9S3.HI/c1-19(7-8-28(60)54-31(21(3)58)38(64)48-11-9-29-52-26(17-67-29)41-53-25(16-68-41)37(63)47-10-6-12-69(4)5)51-40(66)32(33(61)24-15-46-18-50-24)56-39(65)30-20(2)34(44)57-36(55-30)23(13-27(43)59)49-14-22(42)35(45)62;/h15-19,21-23,31-33,49,58,61H,6-14,42H2,1-5H3,(H11-,43,44,45,46,47,48,50,51,54,55,56,57,59,60,62,63,64,65,66);1H/t19-,21-,22+,23+,31+,32+,33+;/m1./s1. The fraction of sp³-hybridized carbons (Fsp3) is 0.512. The highest BCUT2D eigenvalue weighted by atomic mass is 127. The number of amides is 7. The van der Waals surface area contributed by atoms with Gasteiger partial charge < -0.3 is 94.0 Å². The van der Waals surface area contributed by atoms with E-state index in [0.717, 1.165) is 12.2 Å². The van der Waals surface area contributed by atoms with E-state index in [1.165, 1.54) is 49.0 Å². The highest BCUT2D eigenvalue weighted by Gasteiger charge is 2.34. The molecule has 0 saturated carbocycles. The minimum Gasteiger partial charge on any atom is -1.00 e. The van der Waals surface area contributed by atoms with Crippen LogP contribution in [0.15, 0.2) is 23.3 Å². The molecule has 0 bridgehead atoms. The van der Waals surface area contributed by atoms with Gasteiger partial charge in [0, 0.05) is 67.7 Å². The van der Waals surface area contributed by atoms with E-state index in [2.05, 4.69) is 74.3 Å². The third-order valence-corrected chi connectivity index (χ3v) is 13.1. The summed E-state index contributed by atoms with van der Waals surface area (Å²) in [6.07, 6.45) is 4.54. The maximum Gasteiger partial charge on any atom is 0.271 e. The second-order valence-corrected chi connectivity index (χ2v) is 20.4. The lowest BCUT2D eigenvalue weighted by Gasteiger charge is -2.25. The van der Waals surface area contributed by atoms with Crippen molar-refractivity contribution in [2.24, 2.45) is 17.2 Å². The Hall–Kier alpha value is -5.44. The van der Waals surface area contributed by atoms with Gasteiger partial charge in [-0.25, -0.2) is 24.9 Å². The molecule has 29 heteroatoms. The number of anilines is 1. The maximum absolute atomic E-state index is 13.8. The molecule has 4 aromatic rings. The Morgan fingerprint density at radius 3 is 2.26 bits per heavy atom. The van der Waals surface area contributed by atoms with Gasteiger partial charge >= 0.3 is 0 Å². The van der Waals surface area contributed by atoms with Crippen molar-refractivity contribution in [1.82, 2.24) is 61.8 Å². The van der Waals surface area contributed by atoms with Crippen molar-refractivity contribution in [2.45, 2.75) is 95.3 Å². The second-order valence-electron chi connectivity index (χ2n) is 16.2. The first kappa shape index (κ1) is 58.9. The average Bonchev–Trinajstić information content (AvgIpc) is 4.11. The summed E-state index contributed by atoms with van der Waals surface area (Å²) in [5.74, 6) is -4.24. The Morgan fingerprint density at radius 1 is 0.886 bits per heavy atom. The van der Waals surface area contributed by atoms with Gasteiger partial charge in [-0.3, -0.25) is 33.6 Å². The smallest absolute Gasteiger partial charge is 0.271 e. The number of nitrogens with zero attached hydrogens (tertiary/aromatic N) is 5. The van der Waals surface area contributed by atoms with Crippen LogP contribution < -0.4 is 78.8 Å². The predicted molar refractivity (Wildman–Crippen MR) is 259 cm³/mol. The Labute approximate surface area is 431 Å². The zero-order chi connectivity index (χ0) is 50.9. The van der Waals surface area contributed by atoms with Gasteiger partial charge in [0.1, 0.15) is 57.7 Å². The van der Waals surface area contributed by atoms with E-state index in [0.29, 0.717) is 45.3 Å². The zero-order valence-electron chi connectivity index (χ0n) is 39.1. The summed E-state index contributed by atoms with van der Waals surface area (Å²) in [7, 11) is 0.306. The first-order valence-electron chi connectivity index (χ1n) is 21.6. The monoisotopic (exact) mass is 1140 g/mol. The Bertz CT molecular complexity index is 2400. The van der Waals surface area contributed by atoms with Gasteiger partial charge in [0.15, 0.2) is 0 Å². The molecule has 0 spiro atoms. The van der Waals surface area contributed by atoms with Crippen LogP contribution in [0, 0.1) is 6.92 Å². The Balaban J connectivity index is 0.0000130. The molecule has 384 valence electrons. The number of hydrogen-bond donors (Lipinski definition) is 13. The highest BCUT2D eigenvalue weighted by molar-refractivity contribution is 7.95. The van der Waals surface area contributed by atoms with E-state index in [1.54, 1.807) is 12.3 Å². The summed E-state index contributed by atoms with van der Waals surface area (Å²) in [6, 6.07) is -5.94. The van der Waals surface area contributed by atoms with Gasteiger partial charge in [0.25, 0.3) is 11.8 Å². The number of aromatic nitrogens is 6. The SMILES string of the molecule is Cc1c(N)nc([C@H](CC(N)=O)NC[C@H](N)C(N)=O)nc1C(=O)N[C@H](C(=O)N[C@H](C)CCC(=O)N[C@H](C(=O)NCCc1nc(-c2nc(C(=O)NCCC[S+](C)C)cs2)cs1)[C@@H](C)O)[C@@H](O)c1cnc[nH]1.[I-]. The normalized spacial score (nSPS) is 14.2. The van der Waals surface area contributed by atoms with Gasteiger partial charge in [-0.1, -0.05) is 0 Å². The molecule has 0 aliphatic heterocycles. The number of imidazole rings is 1. The van der Waals surface area contributed by atoms with Gasteiger partial charge in [0.2, 0.25) is 29.5 Å². The maximum atomic E-state index is 13.8. The topological polar surface area (TPSA) is 416 Å². The van der Waals surface area contributed by atoms with E-state index >= 15 is 0 Å². The number of aliphatic hydroxyl groups is 2. The Morgan fingerprint density at radius 2 is 1.61 bits per heavy atom. The molecule has 70 heavy (non-hydrogen) atoms. The molecule has 0 radical (unpaired) electrons. The summed E-state index contributed by atoms with van der Waals surface area (Å²) in [6.45, 7) is 4.87. The molecule has 17 N–H and O–H groups in total. The van der Waals surface area contributed by atoms with E-state index in [9.17, 15) is 43.8 Å². The molecule has 4 heterocycles. The van der Waals surface area contributed by atoms with E-state index < -0.39 is 84.3 Å². The van der Waals surface area contributed by atoms with E-state index in [4.69, 9.17) is 22.9 Å². The third kappa shape index (κ3) is 18.1. The van der Waals surface area contributed by atoms with Crippen LogP contribution in [0.4, 0.5) is 5.82 Å². The zero-order valence-corrected chi connectivity index (χ0v) is 43.7. The number of nitrogens with one attached hydrogen (secondary N) is 7. The number of carbonyl (C=O) groups is 7. The molecular formula is C41H61IN16O9S3. The lowest BCUT2D eigenvalue weighted by Crippen LogP contribution is -3.00. The molecule has 7 atom stereocenters. The summed E-state index contributed by atoms with van der Waals surface area (Å²) >= 11 is 2.66. The van der Waals surface area contributed by atoms with Crippen molar-refractivity contribution in [3.05, 3.63) is 56.8 Å². The fourth-order valence-electron chi connectivity index (χ4n) is 6.34. The van der Waals surface area contributed by atoms with Crippen LogP contribution in [0.1, 0.15) is 94.7 Å². The van der Waals surface area contributed by atoms with Crippen LogP contribution in [0.2, 0.25) is 0 Å². The van der Waals surface area contributed by atoms with Crippen molar-refractivity contribution >= 4 is 80.7 Å². The van der Waals surface area contributed by atoms with Gasteiger partial charge in [-0.15, -0.1) is 22.7 Å². The fourth-order valence-corrected chi connectivity index (χ4v) is 8.68. The number of aliphatic hydroxyl groups excluding tert-OH is 2. The number of primary amides is 2. The summed E-state index contributed by atoms with van der Waals surface area (Å²) < 4.78 is 0. The lowest BCUT2D eigenvalue weighted by molar-refractivity contribution is -0.131. The van der Waals surface area contributed by atoms with Crippen molar-refractivity contribution in [2.75, 3.05) is 43.6 Å². The molecule has 4 rings (SSSR count). The summed E-state index contributed by atoms with van der Waals surface area (Å²) in [4.78, 5) is 114. The first-order valence-corrected chi connectivity index (χ1v) is 25.6. The molecule has 0 saturated heterocycles. The number of H-pyrrole nitrogens is 1. The van der Waals surface area contributed by atoms with Crippen LogP contribution in [0.5, 0.6) is 0 Å².